The third-order valence-electron chi connectivity index (χ3n) is 2.24. The maximum absolute atomic E-state index is 5.22. The summed E-state index contributed by atoms with van der Waals surface area (Å²) in [6.07, 6.45) is 3.91. The second kappa shape index (κ2) is 7.24. The SMILES string of the molecule is COCC(CNCC(C)C)n1cc(I)cn1. The molecule has 92 valence electrons. The van der Waals surface area contributed by atoms with Crippen molar-refractivity contribution in [2.45, 2.75) is 19.9 Å². The van der Waals surface area contributed by atoms with Crippen LogP contribution in [0.4, 0.5) is 0 Å². The molecule has 1 atom stereocenters. The van der Waals surface area contributed by atoms with Crippen LogP contribution in [0.3, 0.4) is 0 Å². The molecule has 16 heavy (non-hydrogen) atoms. The summed E-state index contributed by atoms with van der Waals surface area (Å²) in [4.78, 5) is 0. The van der Waals surface area contributed by atoms with Crippen LogP contribution in [0.25, 0.3) is 0 Å². The maximum Gasteiger partial charge on any atom is 0.0876 e. The number of rotatable bonds is 7. The van der Waals surface area contributed by atoms with Crippen molar-refractivity contribution < 1.29 is 4.74 Å². The Labute approximate surface area is 111 Å². The first-order valence-electron chi connectivity index (χ1n) is 5.52. The minimum absolute atomic E-state index is 0.271. The number of hydrogen-bond donors (Lipinski definition) is 1. The molecule has 1 N–H and O–H groups in total. The van der Waals surface area contributed by atoms with Gasteiger partial charge < -0.3 is 10.1 Å². The van der Waals surface area contributed by atoms with Crippen LogP contribution in [0.15, 0.2) is 12.4 Å². The molecule has 1 aromatic rings. The van der Waals surface area contributed by atoms with Crippen LogP contribution in [0.2, 0.25) is 0 Å². The Balaban J connectivity index is 2.47. The van der Waals surface area contributed by atoms with Gasteiger partial charge in [0.15, 0.2) is 0 Å². The summed E-state index contributed by atoms with van der Waals surface area (Å²) >= 11 is 2.27. The molecule has 0 saturated carbocycles. The summed E-state index contributed by atoms with van der Waals surface area (Å²) < 4.78 is 8.35. The average molecular weight is 337 g/mol. The maximum atomic E-state index is 5.22. The summed E-state index contributed by atoms with van der Waals surface area (Å²) in [5, 5.41) is 7.76. The summed E-state index contributed by atoms with van der Waals surface area (Å²) in [7, 11) is 1.73. The van der Waals surface area contributed by atoms with Gasteiger partial charge in [0.2, 0.25) is 0 Å². The summed E-state index contributed by atoms with van der Waals surface area (Å²) in [5.41, 5.74) is 0. The van der Waals surface area contributed by atoms with Crippen molar-refractivity contribution in [2.24, 2.45) is 5.92 Å². The molecule has 1 heterocycles. The second-order valence-electron chi connectivity index (χ2n) is 4.30. The monoisotopic (exact) mass is 337 g/mol. The van der Waals surface area contributed by atoms with Gasteiger partial charge in [0.05, 0.1) is 22.4 Å². The van der Waals surface area contributed by atoms with Crippen LogP contribution in [-0.2, 0) is 4.74 Å². The quantitative estimate of drug-likeness (QED) is 0.773. The number of hydrogen-bond acceptors (Lipinski definition) is 3. The van der Waals surface area contributed by atoms with Crippen molar-refractivity contribution in [3.63, 3.8) is 0 Å². The number of methoxy groups -OCH3 is 1. The smallest absolute Gasteiger partial charge is 0.0876 e. The highest BCUT2D eigenvalue weighted by molar-refractivity contribution is 14.1. The molecule has 0 fully saturated rings. The molecule has 1 unspecified atom stereocenters. The van der Waals surface area contributed by atoms with Gasteiger partial charge in [-0.1, -0.05) is 13.8 Å². The number of halogens is 1. The predicted octanol–water partition coefficient (Wildman–Crippen LogP) is 1.92. The van der Waals surface area contributed by atoms with Crippen molar-refractivity contribution in [3.05, 3.63) is 16.0 Å². The van der Waals surface area contributed by atoms with Crippen LogP contribution in [0.5, 0.6) is 0 Å². The molecule has 0 bridgehead atoms. The Morgan fingerprint density at radius 2 is 2.25 bits per heavy atom. The summed E-state index contributed by atoms with van der Waals surface area (Å²) in [5.74, 6) is 0.668. The fourth-order valence-corrected chi connectivity index (χ4v) is 1.88. The van der Waals surface area contributed by atoms with E-state index in [-0.39, 0.29) is 6.04 Å². The van der Waals surface area contributed by atoms with E-state index < -0.39 is 0 Å². The van der Waals surface area contributed by atoms with E-state index in [4.69, 9.17) is 4.74 Å². The van der Waals surface area contributed by atoms with Crippen molar-refractivity contribution in [1.29, 1.82) is 0 Å². The van der Waals surface area contributed by atoms with E-state index >= 15 is 0 Å². The summed E-state index contributed by atoms with van der Waals surface area (Å²) in [6, 6.07) is 0.271. The van der Waals surface area contributed by atoms with E-state index in [1.54, 1.807) is 7.11 Å². The highest BCUT2D eigenvalue weighted by Gasteiger charge is 2.11. The standard InChI is InChI=1S/C11H20IN3O/c1-9(2)4-13-6-11(8-16-3)15-7-10(12)5-14-15/h5,7,9,11,13H,4,6,8H2,1-3H3. The zero-order valence-electron chi connectivity index (χ0n) is 10.1. The molecule has 0 aliphatic carbocycles. The van der Waals surface area contributed by atoms with Gasteiger partial charge >= 0.3 is 0 Å². The van der Waals surface area contributed by atoms with Crippen LogP contribution in [0, 0.1) is 9.49 Å². The van der Waals surface area contributed by atoms with E-state index in [1.807, 2.05) is 17.1 Å². The predicted molar refractivity (Wildman–Crippen MR) is 73.6 cm³/mol. The lowest BCUT2D eigenvalue weighted by atomic mass is 10.2. The van der Waals surface area contributed by atoms with Gasteiger partial charge in [-0.2, -0.15) is 5.10 Å². The van der Waals surface area contributed by atoms with E-state index in [1.165, 1.54) is 0 Å². The third kappa shape index (κ3) is 4.80. The molecule has 0 aromatic carbocycles. The first kappa shape index (κ1) is 13.9. The lowest BCUT2D eigenvalue weighted by Crippen LogP contribution is -2.31. The molecule has 0 amide bonds. The van der Waals surface area contributed by atoms with Crippen molar-refractivity contribution in [3.8, 4) is 0 Å². The molecular weight excluding hydrogens is 317 g/mol. The first-order valence-corrected chi connectivity index (χ1v) is 6.60. The zero-order valence-corrected chi connectivity index (χ0v) is 12.3. The normalized spacial score (nSPS) is 13.3. The highest BCUT2D eigenvalue weighted by Crippen LogP contribution is 2.09. The Kier molecular flexibility index (Phi) is 6.30. The zero-order chi connectivity index (χ0) is 12.0. The van der Waals surface area contributed by atoms with Gasteiger partial charge in [-0.05, 0) is 35.1 Å². The molecule has 0 spiro atoms. The lowest BCUT2D eigenvalue weighted by molar-refractivity contribution is 0.147. The van der Waals surface area contributed by atoms with Gasteiger partial charge in [0.25, 0.3) is 0 Å². The lowest BCUT2D eigenvalue weighted by Gasteiger charge is -2.18. The van der Waals surface area contributed by atoms with Crippen LogP contribution >= 0.6 is 22.6 Å². The minimum Gasteiger partial charge on any atom is -0.382 e. The van der Waals surface area contributed by atoms with E-state index in [0.717, 1.165) is 16.7 Å². The largest absolute Gasteiger partial charge is 0.382 e. The van der Waals surface area contributed by atoms with Crippen molar-refractivity contribution >= 4 is 22.6 Å². The topological polar surface area (TPSA) is 39.1 Å². The van der Waals surface area contributed by atoms with Crippen LogP contribution < -0.4 is 5.32 Å². The van der Waals surface area contributed by atoms with Gasteiger partial charge in [-0.25, -0.2) is 0 Å². The molecule has 0 aliphatic heterocycles. The van der Waals surface area contributed by atoms with Crippen molar-refractivity contribution in [2.75, 3.05) is 26.8 Å². The fourth-order valence-electron chi connectivity index (χ4n) is 1.47. The number of nitrogens with zero attached hydrogens (tertiary/aromatic N) is 2. The summed E-state index contributed by atoms with van der Waals surface area (Å²) in [6.45, 7) is 7.01. The Morgan fingerprint density at radius 3 is 2.75 bits per heavy atom. The average Bonchev–Trinajstić information content (AvgIpc) is 2.63. The Morgan fingerprint density at radius 1 is 1.50 bits per heavy atom. The fraction of sp³-hybridized carbons (Fsp3) is 0.727. The van der Waals surface area contributed by atoms with Crippen LogP contribution in [0.1, 0.15) is 19.9 Å². The molecule has 4 nitrogen and oxygen atoms in total. The number of nitrogens with one attached hydrogen (secondary N) is 1. The molecule has 1 rings (SSSR count). The molecule has 0 aliphatic rings. The molecule has 1 aromatic heterocycles. The second-order valence-corrected chi connectivity index (χ2v) is 5.55. The Bertz CT molecular complexity index is 301. The first-order chi connectivity index (χ1) is 7.63. The molecule has 0 radical (unpaired) electrons. The van der Waals surface area contributed by atoms with E-state index in [9.17, 15) is 0 Å². The minimum atomic E-state index is 0.271. The Hall–Kier alpha value is -0.140. The van der Waals surface area contributed by atoms with Crippen molar-refractivity contribution in [1.82, 2.24) is 15.1 Å². The molecule has 5 heteroatoms. The van der Waals surface area contributed by atoms with Gasteiger partial charge in [0, 0.05) is 19.9 Å². The van der Waals surface area contributed by atoms with E-state index in [0.29, 0.717) is 12.5 Å². The van der Waals surface area contributed by atoms with Gasteiger partial charge in [-0.15, -0.1) is 0 Å². The number of ether oxygens (including phenoxy) is 1. The van der Waals surface area contributed by atoms with E-state index in [2.05, 4.69) is 46.9 Å². The van der Waals surface area contributed by atoms with Gasteiger partial charge in [-0.3, -0.25) is 4.68 Å². The number of aromatic nitrogens is 2. The van der Waals surface area contributed by atoms with Gasteiger partial charge in [0.1, 0.15) is 0 Å². The molecular formula is C11H20IN3O. The highest BCUT2D eigenvalue weighted by atomic mass is 127. The third-order valence-corrected chi connectivity index (χ3v) is 2.79. The molecule has 0 saturated heterocycles. The van der Waals surface area contributed by atoms with Crippen LogP contribution in [-0.4, -0.2) is 36.6 Å².